The van der Waals surface area contributed by atoms with Gasteiger partial charge < -0.3 is 5.32 Å². The molecule has 0 fully saturated rings. The molecule has 0 spiro atoms. The van der Waals surface area contributed by atoms with E-state index in [1.807, 2.05) is 0 Å². The third kappa shape index (κ3) is 2.88. The second-order valence-corrected chi connectivity index (χ2v) is 8.38. The van der Waals surface area contributed by atoms with Crippen LogP contribution in [0, 0.1) is 6.54 Å². The van der Waals surface area contributed by atoms with Gasteiger partial charge in [0.15, 0.2) is 0 Å². The molecule has 0 aromatic heterocycles. The van der Waals surface area contributed by atoms with Crippen LogP contribution in [-0.2, 0) is 19.4 Å². The second-order valence-electron chi connectivity index (χ2n) is 8.38. The highest BCUT2D eigenvalue weighted by Crippen LogP contribution is 2.41. The lowest BCUT2D eigenvalue weighted by atomic mass is 9.89. The van der Waals surface area contributed by atoms with E-state index < -0.39 is 0 Å². The Morgan fingerprint density at radius 3 is 2.45 bits per heavy atom. The SMILES string of the molecule is [CH]1c2ccccc2CCN1N1c2ccccc2CCC1C1NCc2ccccc21. The average molecular weight is 381 g/mol. The number of anilines is 1. The van der Waals surface area contributed by atoms with Gasteiger partial charge >= 0.3 is 0 Å². The topological polar surface area (TPSA) is 18.5 Å². The lowest BCUT2D eigenvalue weighted by Crippen LogP contribution is -2.55. The van der Waals surface area contributed by atoms with Crippen LogP contribution < -0.4 is 10.3 Å². The maximum absolute atomic E-state index is 3.83. The Morgan fingerprint density at radius 1 is 0.759 bits per heavy atom. The number of benzene rings is 3. The van der Waals surface area contributed by atoms with Crippen molar-refractivity contribution in [1.82, 2.24) is 10.3 Å². The molecule has 0 amide bonds. The number of nitrogens with one attached hydrogen (secondary N) is 1. The summed E-state index contributed by atoms with van der Waals surface area (Å²) in [5.41, 5.74) is 8.55. The van der Waals surface area contributed by atoms with Gasteiger partial charge in [0.05, 0.1) is 24.3 Å². The molecule has 3 aromatic rings. The van der Waals surface area contributed by atoms with Crippen LogP contribution >= 0.6 is 0 Å². The highest BCUT2D eigenvalue weighted by Gasteiger charge is 2.39. The zero-order valence-corrected chi connectivity index (χ0v) is 16.6. The summed E-state index contributed by atoms with van der Waals surface area (Å²) in [4.78, 5) is 0. The molecule has 145 valence electrons. The number of hydrazine groups is 1. The van der Waals surface area contributed by atoms with Crippen LogP contribution in [0.3, 0.4) is 0 Å². The lowest BCUT2D eigenvalue weighted by Gasteiger charge is -2.49. The van der Waals surface area contributed by atoms with Crippen molar-refractivity contribution in [1.29, 1.82) is 0 Å². The fourth-order valence-electron chi connectivity index (χ4n) is 5.38. The summed E-state index contributed by atoms with van der Waals surface area (Å²) in [5, 5.41) is 8.90. The van der Waals surface area contributed by atoms with Gasteiger partial charge in [0.25, 0.3) is 0 Å². The number of fused-ring (bicyclic) bond motifs is 3. The third-order valence-electron chi connectivity index (χ3n) is 6.78. The zero-order valence-electron chi connectivity index (χ0n) is 16.6. The maximum atomic E-state index is 3.83. The molecule has 3 heteroatoms. The first-order valence-corrected chi connectivity index (χ1v) is 10.8. The number of hydrogen-bond acceptors (Lipinski definition) is 3. The summed E-state index contributed by atoms with van der Waals surface area (Å²) in [6, 6.07) is 27.5. The summed E-state index contributed by atoms with van der Waals surface area (Å²) in [5.74, 6) is 0. The Bertz CT molecular complexity index is 1040. The van der Waals surface area contributed by atoms with Crippen LogP contribution in [0.15, 0.2) is 72.8 Å². The van der Waals surface area contributed by atoms with Crippen LogP contribution in [0.5, 0.6) is 0 Å². The monoisotopic (exact) mass is 380 g/mol. The molecule has 3 aliphatic rings. The predicted molar refractivity (Wildman–Crippen MR) is 117 cm³/mol. The summed E-state index contributed by atoms with van der Waals surface area (Å²) in [6.45, 7) is 4.35. The molecule has 2 atom stereocenters. The molecule has 6 rings (SSSR count). The van der Waals surface area contributed by atoms with E-state index >= 15 is 0 Å². The molecule has 1 radical (unpaired) electrons. The molecule has 0 saturated heterocycles. The van der Waals surface area contributed by atoms with E-state index in [0.29, 0.717) is 12.1 Å². The number of aryl methyl sites for hydroxylation is 1. The molecule has 0 saturated carbocycles. The van der Waals surface area contributed by atoms with Crippen LogP contribution in [0.25, 0.3) is 0 Å². The number of nitrogens with zero attached hydrogens (tertiary/aromatic N) is 2. The van der Waals surface area contributed by atoms with E-state index in [9.17, 15) is 0 Å². The van der Waals surface area contributed by atoms with Crippen molar-refractivity contribution in [3.8, 4) is 0 Å². The van der Waals surface area contributed by atoms with Crippen molar-refractivity contribution in [3.05, 3.63) is 107 Å². The quantitative estimate of drug-likeness (QED) is 0.699. The minimum Gasteiger partial charge on any atom is -0.304 e. The van der Waals surface area contributed by atoms with Crippen LogP contribution in [-0.4, -0.2) is 17.6 Å². The van der Waals surface area contributed by atoms with E-state index in [2.05, 4.69) is 94.7 Å². The van der Waals surface area contributed by atoms with Crippen molar-refractivity contribution in [2.75, 3.05) is 11.6 Å². The summed E-state index contributed by atoms with van der Waals surface area (Å²) < 4.78 is 0. The fourth-order valence-corrected chi connectivity index (χ4v) is 5.38. The van der Waals surface area contributed by atoms with Gasteiger partial charge in [-0.25, -0.2) is 5.01 Å². The largest absolute Gasteiger partial charge is 0.304 e. The Hall–Kier alpha value is -2.62. The number of hydrogen-bond donors (Lipinski definition) is 1. The van der Waals surface area contributed by atoms with Gasteiger partial charge in [0.2, 0.25) is 0 Å². The van der Waals surface area contributed by atoms with E-state index in [1.165, 1.54) is 33.5 Å². The van der Waals surface area contributed by atoms with Gasteiger partial charge in [-0.15, -0.1) is 0 Å². The smallest absolute Gasteiger partial charge is 0.0761 e. The van der Waals surface area contributed by atoms with Crippen LogP contribution in [0.1, 0.15) is 40.3 Å². The Labute approximate surface area is 172 Å². The summed E-state index contributed by atoms with van der Waals surface area (Å²) in [6.07, 6.45) is 3.39. The third-order valence-corrected chi connectivity index (χ3v) is 6.78. The first-order valence-electron chi connectivity index (χ1n) is 10.8. The van der Waals surface area contributed by atoms with E-state index in [-0.39, 0.29) is 0 Å². The molecular formula is C26H26N3. The highest BCUT2D eigenvalue weighted by atomic mass is 15.6. The van der Waals surface area contributed by atoms with Gasteiger partial charge in [0.1, 0.15) is 0 Å². The fraction of sp³-hybridized carbons (Fsp3) is 0.269. The molecule has 3 heterocycles. The van der Waals surface area contributed by atoms with Crippen molar-refractivity contribution < 1.29 is 0 Å². The molecular weight excluding hydrogens is 354 g/mol. The molecule has 1 N–H and O–H groups in total. The summed E-state index contributed by atoms with van der Waals surface area (Å²) >= 11 is 0. The minimum atomic E-state index is 0.366. The van der Waals surface area contributed by atoms with Gasteiger partial charge in [-0.1, -0.05) is 66.7 Å². The molecule has 0 aliphatic carbocycles. The lowest BCUT2D eigenvalue weighted by molar-refractivity contribution is 0.232. The van der Waals surface area contributed by atoms with E-state index in [1.54, 1.807) is 0 Å². The van der Waals surface area contributed by atoms with Crippen molar-refractivity contribution in [3.63, 3.8) is 0 Å². The van der Waals surface area contributed by atoms with Gasteiger partial charge in [-0.2, -0.15) is 0 Å². The van der Waals surface area contributed by atoms with Crippen molar-refractivity contribution >= 4 is 5.69 Å². The van der Waals surface area contributed by atoms with Crippen molar-refractivity contribution in [2.45, 2.75) is 37.9 Å². The standard InChI is InChI=1S/C26H26N3/c1-2-10-22-18-28(16-15-19(22)7-1)29-24-12-6-4-8-20(24)13-14-25(29)26-23-11-5-3-9-21(23)17-27-26/h1-12,18,25-27H,13-17H2. The average Bonchev–Trinajstić information content (AvgIpc) is 3.22. The van der Waals surface area contributed by atoms with Gasteiger partial charge in [-0.05, 0) is 53.1 Å². The maximum Gasteiger partial charge on any atom is 0.0761 e. The van der Waals surface area contributed by atoms with E-state index in [0.717, 1.165) is 32.4 Å². The molecule has 3 aliphatic heterocycles. The zero-order chi connectivity index (χ0) is 19.2. The van der Waals surface area contributed by atoms with Crippen LogP contribution in [0.2, 0.25) is 0 Å². The first-order chi connectivity index (χ1) is 14.4. The molecule has 3 aromatic carbocycles. The minimum absolute atomic E-state index is 0.366. The van der Waals surface area contributed by atoms with Crippen molar-refractivity contribution in [2.24, 2.45) is 0 Å². The predicted octanol–water partition coefficient (Wildman–Crippen LogP) is 4.64. The number of para-hydroxylation sites is 1. The Kier molecular flexibility index (Phi) is 4.17. The highest BCUT2D eigenvalue weighted by molar-refractivity contribution is 5.57. The molecule has 2 unspecified atom stereocenters. The van der Waals surface area contributed by atoms with Crippen LogP contribution in [0.4, 0.5) is 5.69 Å². The first kappa shape index (κ1) is 17.3. The van der Waals surface area contributed by atoms with E-state index in [4.69, 9.17) is 0 Å². The van der Waals surface area contributed by atoms with Gasteiger partial charge in [-0.3, -0.25) is 5.01 Å². The van der Waals surface area contributed by atoms with Gasteiger partial charge in [0, 0.05) is 13.1 Å². The Morgan fingerprint density at radius 2 is 1.52 bits per heavy atom. The summed E-state index contributed by atoms with van der Waals surface area (Å²) in [7, 11) is 0. The molecule has 3 nitrogen and oxygen atoms in total. The normalized spacial score (nSPS) is 23.4. The molecule has 29 heavy (non-hydrogen) atoms. The second kappa shape index (κ2) is 7.01. The Balaban J connectivity index is 1.41. The molecule has 0 bridgehead atoms. The number of rotatable bonds is 2.